The predicted molar refractivity (Wildman–Crippen MR) is 133 cm³/mol. The molecule has 0 fully saturated rings. The van der Waals surface area contributed by atoms with Crippen LogP contribution in [0.5, 0.6) is 0 Å². The van der Waals surface area contributed by atoms with Crippen molar-refractivity contribution in [2.75, 3.05) is 26.9 Å². The fraction of sp³-hybridized carbons (Fsp3) is 0.440. The van der Waals surface area contributed by atoms with Gasteiger partial charge in [-0.05, 0) is 27.2 Å². The van der Waals surface area contributed by atoms with Gasteiger partial charge in [-0.15, -0.1) is 0 Å². The van der Waals surface area contributed by atoms with Gasteiger partial charge in [-0.25, -0.2) is 19.2 Å². The smallest absolute Gasteiger partial charge is 0.333 e. The zero-order chi connectivity index (χ0) is 29.1. The number of methoxy groups -OCH3 is 1. The Morgan fingerprint density at radius 1 is 0.778 bits per heavy atom. The second-order valence-electron chi connectivity index (χ2n) is 6.55. The number of Topliss-reactive ketones (excluding diaryl/α,β-unsaturated/α-hetero) is 1. The van der Waals surface area contributed by atoms with E-state index in [-0.39, 0.29) is 42.9 Å². The molecule has 0 spiro atoms. The van der Waals surface area contributed by atoms with Crippen LogP contribution in [-0.4, -0.2) is 67.7 Å². The molecule has 0 aliphatic heterocycles. The van der Waals surface area contributed by atoms with Gasteiger partial charge in [0.2, 0.25) is 0 Å². The maximum Gasteiger partial charge on any atom is 0.333 e. The fourth-order valence-corrected chi connectivity index (χ4v) is 1.22. The number of carbonyl (C=O) groups is 6. The Bertz CT molecular complexity index is 764. The summed E-state index contributed by atoms with van der Waals surface area (Å²) in [4.78, 5) is 62.0. The van der Waals surface area contributed by atoms with Crippen LogP contribution in [0.4, 0.5) is 0 Å². The van der Waals surface area contributed by atoms with Crippen LogP contribution in [0.1, 0.15) is 47.0 Å². The van der Waals surface area contributed by atoms with E-state index in [1.807, 2.05) is 6.92 Å². The van der Waals surface area contributed by atoms with Gasteiger partial charge in [0.25, 0.3) is 0 Å². The SMILES string of the molecule is C=C(C)C(=O)OC.C=C(C)C(=O)OCCOC(=O)CC(C)=O.C=CC(=O)O.C=CC(=O)OCCCC. The molecular weight excluding hydrogens is 476 g/mol. The lowest BCUT2D eigenvalue weighted by molar-refractivity contribution is -0.151. The molecule has 0 amide bonds. The molecule has 0 saturated heterocycles. The van der Waals surface area contributed by atoms with Gasteiger partial charge >= 0.3 is 29.8 Å². The number of carbonyl (C=O) groups excluding carboxylic acids is 5. The first kappa shape index (κ1) is 39.2. The summed E-state index contributed by atoms with van der Waals surface area (Å²) >= 11 is 0. The van der Waals surface area contributed by atoms with E-state index in [2.05, 4.69) is 45.3 Å². The van der Waals surface area contributed by atoms with Crippen molar-refractivity contribution >= 4 is 35.6 Å². The number of ether oxygens (including phenoxy) is 4. The lowest BCUT2D eigenvalue weighted by Gasteiger charge is -2.05. The lowest BCUT2D eigenvalue weighted by Crippen LogP contribution is -2.15. The van der Waals surface area contributed by atoms with Crippen LogP contribution in [0, 0.1) is 0 Å². The number of aliphatic carboxylic acids is 1. The number of unbranched alkanes of at least 4 members (excludes halogenated alkanes) is 1. The molecule has 0 unspecified atom stereocenters. The zero-order valence-electron chi connectivity index (χ0n) is 21.8. The highest BCUT2D eigenvalue weighted by Gasteiger charge is 2.07. The fourth-order valence-electron chi connectivity index (χ4n) is 1.22. The molecule has 1 N–H and O–H groups in total. The number of rotatable bonds is 12. The molecule has 36 heavy (non-hydrogen) atoms. The van der Waals surface area contributed by atoms with Gasteiger partial charge < -0.3 is 24.1 Å². The van der Waals surface area contributed by atoms with Crippen LogP contribution < -0.4 is 0 Å². The van der Waals surface area contributed by atoms with Gasteiger partial charge in [0.15, 0.2) is 0 Å². The highest BCUT2D eigenvalue weighted by molar-refractivity contribution is 5.94. The molecule has 0 aromatic heterocycles. The van der Waals surface area contributed by atoms with E-state index < -0.39 is 17.9 Å². The van der Waals surface area contributed by atoms with Crippen molar-refractivity contribution in [3.8, 4) is 0 Å². The molecule has 11 heteroatoms. The minimum atomic E-state index is -0.981. The third kappa shape index (κ3) is 37.3. The van der Waals surface area contributed by atoms with Crippen molar-refractivity contribution in [2.24, 2.45) is 0 Å². The summed E-state index contributed by atoms with van der Waals surface area (Å²) in [6.07, 6.45) is 3.73. The normalized spacial score (nSPS) is 8.36. The maximum absolute atomic E-state index is 10.8. The number of carboxylic acids is 1. The van der Waals surface area contributed by atoms with Crippen LogP contribution >= 0.6 is 0 Å². The summed E-state index contributed by atoms with van der Waals surface area (Å²) in [6.45, 7) is 19.8. The van der Waals surface area contributed by atoms with Gasteiger partial charge in [-0.3, -0.25) is 9.59 Å². The molecule has 0 aliphatic carbocycles. The first-order chi connectivity index (χ1) is 16.7. The van der Waals surface area contributed by atoms with Crippen molar-refractivity contribution in [3.05, 3.63) is 49.6 Å². The van der Waals surface area contributed by atoms with Crippen LogP contribution in [0.15, 0.2) is 49.6 Å². The Balaban J connectivity index is -0.000000208. The van der Waals surface area contributed by atoms with Crippen LogP contribution in [0.2, 0.25) is 0 Å². The van der Waals surface area contributed by atoms with Crippen LogP contribution in [0.25, 0.3) is 0 Å². The number of hydrogen-bond acceptors (Lipinski definition) is 10. The maximum atomic E-state index is 10.8. The molecule has 0 radical (unpaired) electrons. The van der Waals surface area contributed by atoms with E-state index in [0.29, 0.717) is 12.2 Å². The Morgan fingerprint density at radius 2 is 1.25 bits per heavy atom. The third-order valence-corrected chi connectivity index (χ3v) is 2.94. The standard InChI is InChI=1S/C10H14O5.C7H12O2.C5H8O2.C3H4O2/c1-7(2)10(13)15-5-4-14-9(12)6-8(3)11;1-3-5-6-9-7(8)4-2;1-4(2)5(6)7-3;1-2-3(4)5/h1,4-6H2,2-3H3;4H,2-3,5-6H2,1H3;1H2,2-3H3;2H,1H2,(H,4,5). The molecule has 0 aromatic carbocycles. The van der Waals surface area contributed by atoms with Gasteiger partial charge in [0.05, 0.1) is 13.7 Å². The number of carboxylic acid groups (broad SMARTS) is 1. The molecule has 0 rings (SSSR count). The third-order valence-electron chi connectivity index (χ3n) is 2.94. The molecule has 0 heterocycles. The van der Waals surface area contributed by atoms with E-state index in [0.717, 1.165) is 18.9 Å². The second kappa shape index (κ2) is 27.2. The minimum absolute atomic E-state index is 0.0324. The summed E-state index contributed by atoms with van der Waals surface area (Å²) in [5, 5.41) is 7.60. The second-order valence-corrected chi connectivity index (χ2v) is 6.55. The Morgan fingerprint density at radius 3 is 1.56 bits per heavy atom. The first-order valence-corrected chi connectivity index (χ1v) is 10.6. The highest BCUT2D eigenvalue weighted by atomic mass is 16.6. The van der Waals surface area contributed by atoms with Crippen molar-refractivity contribution in [3.63, 3.8) is 0 Å². The monoisotopic (exact) mass is 514 g/mol. The van der Waals surface area contributed by atoms with Crippen molar-refractivity contribution in [1.82, 2.24) is 0 Å². The zero-order valence-corrected chi connectivity index (χ0v) is 21.8. The summed E-state index contributed by atoms with van der Waals surface area (Å²) in [5.74, 6) is -3.07. The Labute approximate surface area is 212 Å². The van der Waals surface area contributed by atoms with Crippen molar-refractivity contribution in [2.45, 2.75) is 47.0 Å². The molecule has 0 atom stereocenters. The predicted octanol–water partition coefficient (Wildman–Crippen LogP) is 3.14. The van der Waals surface area contributed by atoms with E-state index in [1.54, 1.807) is 6.92 Å². The molecule has 0 aromatic rings. The van der Waals surface area contributed by atoms with Gasteiger partial charge in [-0.2, -0.15) is 0 Å². The number of ketones is 1. The molecular formula is C25H38O11. The number of hydrogen-bond donors (Lipinski definition) is 1. The molecule has 0 saturated carbocycles. The van der Waals surface area contributed by atoms with E-state index in [9.17, 15) is 28.8 Å². The Kier molecular flexibility index (Phi) is 29.7. The van der Waals surface area contributed by atoms with Gasteiger partial charge in [0, 0.05) is 23.3 Å². The van der Waals surface area contributed by atoms with Gasteiger partial charge in [0.1, 0.15) is 25.4 Å². The molecule has 11 nitrogen and oxygen atoms in total. The van der Waals surface area contributed by atoms with E-state index in [1.165, 1.54) is 27.0 Å². The quantitative estimate of drug-likeness (QED) is 0.134. The summed E-state index contributed by atoms with van der Waals surface area (Å²) in [7, 11) is 1.33. The molecule has 0 bridgehead atoms. The van der Waals surface area contributed by atoms with E-state index in [4.69, 9.17) is 5.11 Å². The van der Waals surface area contributed by atoms with Crippen LogP contribution in [0.3, 0.4) is 0 Å². The first-order valence-electron chi connectivity index (χ1n) is 10.6. The minimum Gasteiger partial charge on any atom is -0.478 e. The van der Waals surface area contributed by atoms with E-state index >= 15 is 0 Å². The van der Waals surface area contributed by atoms with Gasteiger partial charge in [-0.1, -0.05) is 39.7 Å². The highest BCUT2D eigenvalue weighted by Crippen LogP contribution is 1.93. The number of esters is 4. The molecule has 0 aliphatic rings. The lowest BCUT2D eigenvalue weighted by atomic mass is 10.3. The average molecular weight is 515 g/mol. The summed E-state index contributed by atoms with van der Waals surface area (Å²) in [6, 6.07) is 0. The topological polar surface area (TPSA) is 160 Å². The van der Waals surface area contributed by atoms with Crippen molar-refractivity contribution in [1.29, 1.82) is 0 Å². The largest absolute Gasteiger partial charge is 0.478 e. The molecule has 204 valence electrons. The average Bonchev–Trinajstić information content (AvgIpc) is 2.81. The summed E-state index contributed by atoms with van der Waals surface area (Å²) < 4.78 is 18.2. The van der Waals surface area contributed by atoms with Crippen LogP contribution in [-0.2, 0) is 47.7 Å². The summed E-state index contributed by atoms with van der Waals surface area (Å²) in [5.41, 5.74) is 0.715. The van der Waals surface area contributed by atoms with Crippen molar-refractivity contribution < 1.29 is 52.8 Å². The Hall–Kier alpha value is -4.02.